The molecule has 2 aromatic rings. The molecule has 0 saturated carbocycles. The molecular weight excluding hydrogens is 322 g/mol. The van der Waals surface area contributed by atoms with Crippen molar-refractivity contribution in [1.82, 2.24) is 9.78 Å². The van der Waals surface area contributed by atoms with Gasteiger partial charge in [-0.3, -0.25) is 4.79 Å². The third-order valence-electron chi connectivity index (χ3n) is 2.10. The van der Waals surface area contributed by atoms with Gasteiger partial charge in [-0.15, -0.1) is 5.10 Å². The maximum Gasteiger partial charge on any atom is 0.292 e. The summed E-state index contributed by atoms with van der Waals surface area (Å²) < 4.78 is 0.849. The van der Waals surface area contributed by atoms with E-state index >= 15 is 0 Å². The van der Waals surface area contributed by atoms with Crippen LogP contribution in [0.1, 0.15) is 0 Å². The van der Waals surface area contributed by atoms with E-state index in [-0.39, 0.29) is 20.8 Å². The lowest BCUT2D eigenvalue weighted by Crippen LogP contribution is -2.22. The summed E-state index contributed by atoms with van der Waals surface area (Å²) in [7, 11) is 0. The van der Waals surface area contributed by atoms with Gasteiger partial charge in [0, 0.05) is 5.02 Å². The Labute approximate surface area is 121 Å². The summed E-state index contributed by atoms with van der Waals surface area (Å²) >= 11 is 23.0. The molecule has 8 heteroatoms. The van der Waals surface area contributed by atoms with E-state index in [9.17, 15) is 9.90 Å². The van der Waals surface area contributed by atoms with Crippen molar-refractivity contribution in [2.24, 2.45) is 0 Å². The van der Waals surface area contributed by atoms with Gasteiger partial charge < -0.3 is 5.11 Å². The van der Waals surface area contributed by atoms with Gasteiger partial charge >= 0.3 is 0 Å². The minimum absolute atomic E-state index is 0.190. The Morgan fingerprint density at radius 3 is 2.39 bits per heavy atom. The van der Waals surface area contributed by atoms with Crippen LogP contribution < -0.4 is 5.56 Å². The van der Waals surface area contributed by atoms with Crippen molar-refractivity contribution in [3.8, 4) is 11.6 Å². The van der Waals surface area contributed by atoms with Gasteiger partial charge in [0.1, 0.15) is 10.0 Å². The summed E-state index contributed by atoms with van der Waals surface area (Å²) in [6.07, 6.45) is 0. The molecule has 0 aliphatic rings. The van der Waals surface area contributed by atoms with E-state index in [2.05, 4.69) is 5.10 Å². The molecule has 0 atom stereocenters. The van der Waals surface area contributed by atoms with Gasteiger partial charge in [-0.2, -0.15) is 4.68 Å². The lowest BCUT2D eigenvalue weighted by atomic mass is 10.3. The average molecular weight is 326 g/mol. The number of aromatic nitrogens is 2. The Balaban J connectivity index is 2.76. The highest BCUT2D eigenvalue weighted by molar-refractivity contribution is 6.42. The molecule has 0 aliphatic carbocycles. The second-order valence-electron chi connectivity index (χ2n) is 3.26. The molecule has 18 heavy (non-hydrogen) atoms. The van der Waals surface area contributed by atoms with E-state index in [4.69, 9.17) is 46.4 Å². The monoisotopic (exact) mass is 324 g/mol. The Morgan fingerprint density at radius 1 is 1.11 bits per heavy atom. The van der Waals surface area contributed by atoms with Crippen molar-refractivity contribution in [3.63, 3.8) is 0 Å². The van der Waals surface area contributed by atoms with Gasteiger partial charge in [0.25, 0.3) is 5.56 Å². The maximum absolute atomic E-state index is 11.9. The van der Waals surface area contributed by atoms with Crippen LogP contribution in [0.15, 0.2) is 23.0 Å². The molecule has 4 nitrogen and oxygen atoms in total. The fraction of sp³-hybridized carbons (Fsp3) is 0. The number of halogens is 4. The van der Waals surface area contributed by atoms with E-state index in [0.717, 1.165) is 4.68 Å². The molecule has 0 aliphatic heterocycles. The van der Waals surface area contributed by atoms with Crippen LogP contribution in [0.5, 0.6) is 5.88 Å². The first-order valence-electron chi connectivity index (χ1n) is 4.54. The Bertz CT molecular complexity index is 684. The van der Waals surface area contributed by atoms with E-state index in [1.54, 1.807) is 0 Å². The zero-order chi connectivity index (χ0) is 13.4. The topological polar surface area (TPSA) is 55.1 Å². The number of hydrogen-bond acceptors (Lipinski definition) is 3. The molecule has 0 spiro atoms. The first kappa shape index (κ1) is 13.5. The summed E-state index contributed by atoms with van der Waals surface area (Å²) in [5.74, 6) is -0.563. The lowest BCUT2D eigenvalue weighted by molar-refractivity contribution is 0.437. The fourth-order valence-corrected chi connectivity index (χ4v) is 2.06. The third-order valence-corrected chi connectivity index (χ3v) is 3.45. The first-order chi connectivity index (χ1) is 8.41. The minimum Gasteiger partial charge on any atom is -0.491 e. The van der Waals surface area contributed by atoms with Crippen LogP contribution >= 0.6 is 46.4 Å². The molecule has 0 unspecified atom stereocenters. The number of hydrogen-bond donors (Lipinski definition) is 1. The number of rotatable bonds is 1. The standard InChI is InChI=1S/C10H4Cl4N2O2/c11-4-1-2-6(5(12)3-4)16-10(18)8(14)7(13)9(17)15-16/h1-3H,(H,15,17). The SMILES string of the molecule is O=c1c(Cl)c(Cl)c(O)nn1-c1ccc(Cl)cc1Cl. The van der Waals surface area contributed by atoms with E-state index in [0.29, 0.717) is 5.02 Å². The summed E-state index contributed by atoms with van der Waals surface area (Å²) in [5, 5.41) is 13.0. The predicted octanol–water partition coefficient (Wildman–Crippen LogP) is 3.55. The molecule has 1 aromatic heterocycles. The molecule has 2 rings (SSSR count). The van der Waals surface area contributed by atoms with Crippen LogP contribution in [0.2, 0.25) is 20.1 Å². The number of nitrogens with zero attached hydrogens (tertiary/aromatic N) is 2. The molecule has 0 bridgehead atoms. The van der Waals surface area contributed by atoms with Crippen molar-refractivity contribution in [2.75, 3.05) is 0 Å². The minimum atomic E-state index is -0.691. The predicted molar refractivity (Wildman–Crippen MR) is 71.5 cm³/mol. The summed E-state index contributed by atoms with van der Waals surface area (Å²) in [4.78, 5) is 11.9. The largest absolute Gasteiger partial charge is 0.491 e. The zero-order valence-corrected chi connectivity index (χ0v) is 11.5. The van der Waals surface area contributed by atoms with Crippen molar-refractivity contribution < 1.29 is 5.11 Å². The van der Waals surface area contributed by atoms with Gasteiger partial charge in [-0.1, -0.05) is 46.4 Å². The molecule has 0 saturated heterocycles. The second-order valence-corrected chi connectivity index (χ2v) is 4.86. The van der Waals surface area contributed by atoms with Crippen molar-refractivity contribution in [1.29, 1.82) is 0 Å². The molecule has 1 aromatic carbocycles. The quantitative estimate of drug-likeness (QED) is 0.872. The summed E-state index contributed by atoms with van der Waals surface area (Å²) in [6, 6.07) is 4.44. The van der Waals surface area contributed by atoms with E-state index < -0.39 is 11.4 Å². The highest BCUT2D eigenvalue weighted by Crippen LogP contribution is 2.28. The van der Waals surface area contributed by atoms with Gasteiger partial charge in [0.2, 0.25) is 5.88 Å². The Morgan fingerprint density at radius 2 is 1.78 bits per heavy atom. The lowest BCUT2D eigenvalue weighted by Gasteiger charge is -2.08. The van der Waals surface area contributed by atoms with Crippen LogP contribution in [-0.4, -0.2) is 14.9 Å². The molecule has 1 heterocycles. The summed E-state index contributed by atoms with van der Waals surface area (Å²) in [6.45, 7) is 0. The summed E-state index contributed by atoms with van der Waals surface area (Å²) in [5.41, 5.74) is -0.455. The van der Waals surface area contributed by atoms with Crippen LogP contribution in [0.4, 0.5) is 0 Å². The normalized spacial score (nSPS) is 10.7. The van der Waals surface area contributed by atoms with Crippen LogP contribution in [0.25, 0.3) is 5.69 Å². The third kappa shape index (κ3) is 2.29. The van der Waals surface area contributed by atoms with Gasteiger partial charge in [0.05, 0.1) is 10.7 Å². The number of aromatic hydroxyl groups is 1. The molecule has 0 amide bonds. The zero-order valence-electron chi connectivity index (χ0n) is 8.49. The van der Waals surface area contributed by atoms with Crippen LogP contribution in [0.3, 0.4) is 0 Å². The molecule has 0 radical (unpaired) electrons. The van der Waals surface area contributed by atoms with Crippen LogP contribution in [0, 0.1) is 0 Å². The average Bonchev–Trinajstić information content (AvgIpc) is 2.32. The van der Waals surface area contributed by atoms with Gasteiger partial charge in [-0.05, 0) is 18.2 Å². The van der Waals surface area contributed by atoms with E-state index in [1.807, 2.05) is 0 Å². The molecule has 1 N–H and O–H groups in total. The Hall–Kier alpha value is -0.940. The smallest absolute Gasteiger partial charge is 0.292 e. The highest BCUT2D eigenvalue weighted by Gasteiger charge is 2.16. The maximum atomic E-state index is 11.9. The van der Waals surface area contributed by atoms with Crippen molar-refractivity contribution >= 4 is 46.4 Å². The van der Waals surface area contributed by atoms with Gasteiger partial charge in [-0.25, -0.2) is 0 Å². The fourth-order valence-electron chi connectivity index (χ4n) is 1.29. The van der Waals surface area contributed by atoms with Crippen molar-refractivity contribution in [3.05, 3.63) is 48.6 Å². The highest BCUT2D eigenvalue weighted by atomic mass is 35.5. The van der Waals surface area contributed by atoms with Crippen molar-refractivity contribution in [2.45, 2.75) is 0 Å². The first-order valence-corrected chi connectivity index (χ1v) is 6.05. The second kappa shape index (κ2) is 4.97. The molecule has 94 valence electrons. The molecular formula is C10H4Cl4N2O2. The molecule has 0 fully saturated rings. The van der Waals surface area contributed by atoms with E-state index in [1.165, 1.54) is 18.2 Å². The van der Waals surface area contributed by atoms with Gasteiger partial charge in [0.15, 0.2) is 0 Å². The number of benzene rings is 1. The Kier molecular flexibility index (Phi) is 3.73. The van der Waals surface area contributed by atoms with Crippen LogP contribution in [-0.2, 0) is 0 Å².